The van der Waals surface area contributed by atoms with Gasteiger partial charge in [-0.05, 0) is 48.9 Å². The van der Waals surface area contributed by atoms with Gasteiger partial charge in [-0.15, -0.1) is 11.8 Å². The molecule has 2 aromatic rings. The Morgan fingerprint density at radius 3 is 2.59 bits per heavy atom. The summed E-state index contributed by atoms with van der Waals surface area (Å²) in [7, 11) is 1.55. The number of thioether (sulfide) groups is 1. The van der Waals surface area contributed by atoms with E-state index in [1.165, 1.54) is 18.2 Å². The number of halogens is 1. The molecule has 0 saturated heterocycles. The van der Waals surface area contributed by atoms with Crippen molar-refractivity contribution in [3.05, 3.63) is 59.4 Å². The van der Waals surface area contributed by atoms with Gasteiger partial charge in [-0.1, -0.05) is 12.1 Å². The van der Waals surface area contributed by atoms with Crippen LogP contribution < -0.4 is 9.47 Å². The minimum Gasteiger partial charge on any atom is -0.493 e. The monoisotopic (exact) mass is 390 g/mol. The number of hydrogen-bond donors (Lipinski definition) is 1. The number of methoxy groups -OCH3 is 1. The Labute approximate surface area is 160 Å². The summed E-state index contributed by atoms with van der Waals surface area (Å²) in [6.07, 6.45) is 2.95. The molecule has 0 aliphatic rings. The van der Waals surface area contributed by atoms with Crippen LogP contribution in [0.15, 0.2) is 47.4 Å². The van der Waals surface area contributed by atoms with Crippen LogP contribution in [-0.2, 0) is 4.79 Å². The maximum absolute atomic E-state index is 14.0. The molecule has 0 spiro atoms. The van der Waals surface area contributed by atoms with E-state index in [1.807, 2.05) is 6.92 Å². The minimum absolute atomic E-state index is 0.182. The van der Waals surface area contributed by atoms with Crippen molar-refractivity contribution in [2.45, 2.75) is 11.8 Å². The van der Waals surface area contributed by atoms with Gasteiger partial charge >= 0.3 is 5.97 Å². The molecule has 0 aromatic heterocycles. The predicted molar refractivity (Wildman–Crippen MR) is 102 cm³/mol. The number of ether oxygens (including phenoxy) is 2. The third-order valence-corrected chi connectivity index (χ3v) is 4.52. The summed E-state index contributed by atoms with van der Waals surface area (Å²) in [5.41, 5.74) is 0.920. The lowest BCUT2D eigenvalue weighted by atomic mass is 10.1. The third kappa shape index (κ3) is 5.86. The lowest BCUT2D eigenvalue weighted by Crippen LogP contribution is -2.00. The molecule has 0 unspecified atom stereocenters. The van der Waals surface area contributed by atoms with E-state index in [1.54, 1.807) is 31.4 Å². The number of rotatable bonds is 9. The van der Waals surface area contributed by atoms with Crippen LogP contribution in [0.5, 0.6) is 11.5 Å². The van der Waals surface area contributed by atoms with E-state index in [9.17, 15) is 14.0 Å². The zero-order valence-electron chi connectivity index (χ0n) is 14.9. The molecule has 0 aliphatic carbocycles. The van der Waals surface area contributed by atoms with Crippen molar-refractivity contribution < 1.29 is 28.6 Å². The molecule has 0 heterocycles. The minimum atomic E-state index is -1.03. The first-order valence-corrected chi connectivity index (χ1v) is 9.10. The van der Waals surface area contributed by atoms with Gasteiger partial charge in [0.2, 0.25) is 0 Å². The Morgan fingerprint density at radius 2 is 1.96 bits per heavy atom. The molecule has 2 aromatic carbocycles. The molecule has 0 aliphatic heterocycles. The SMILES string of the molecule is CCOc1cc(C=CC(=O)c2ccc(SCC(=O)O)c(F)c2)ccc1OC. The average Bonchev–Trinajstić information content (AvgIpc) is 2.65. The Kier molecular flexibility index (Phi) is 7.43. The first kappa shape index (κ1) is 20.5. The maximum Gasteiger partial charge on any atom is 0.313 e. The van der Waals surface area contributed by atoms with Gasteiger partial charge < -0.3 is 14.6 Å². The molecule has 0 fully saturated rings. The summed E-state index contributed by atoms with van der Waals surface area (Å²) in [6, 6.07) is 9.25. The normalized spacial score (nSPS) is 10.8. The van der Waals surface area contributed by atoms with Gasteiger partial charge in [-0.3, -0.25) is 9.59 Å². The smallest absolute Gasteiger partial charge is 0.313 e. The van der Waals surface area contributed by atoms with Crippen molar-refractivity contribution in [2.24, 2.45) is 0 Å². The molecule has 1 N–H and O–H groups in total. The summed E-state index contributed by atoms with van der Waals surface area (Å²) >= 11 is 0.866. The van der Waals surface area contributed by atoms with Gasteiger partial charge in [0.1, 0.15) is 5.82 Å². The number of carboxylic acid groups (broad SMARTS) is 1. The van der Waals surface area contributed by atoms with E-state index in [2.05, 4.69) is 0 Å². The van der Waals surface area contributed by atoms with Crippen LogP contribution in [0, 0.1) is 5.82 Å². The van der Waals surface area contributed by atoms with Gasteiger partial charge in [-0.25, -0.2) is 4.39 Å². The Bertz CT molecular complexity index is 863. The molecule has 0 bridgehead atoms. The topological polar surface area (TPSA) is 72.8 Å². The van der Waals surface area contributed by atoms with E-state index in [-0.39, 0.29) is 22.0 Å². The van der Waals surface area contributed by atoms with Gasteiger partial charge in [0.05, 0.1) is 19.5 Å². The van der Waals surface area contributed by atoms with Crippen molar-refractivity contribution in [1.29, 1.82) is 0 Å². The van der Waals surface area contributed by atoms with Crippen molar-refractivity contribution in [3.8, 4) is 11.5 Å². The maximum atomic E-state index is 14.0. The number of hydrogen-bond acceptors (Lipinski definition) is 5. The van der Waals surface area contributed by atoms with E-state index in [4.69, 9.17) is 14.6 Å². The molecule has 5 nitrogen and oxygen atoms in total. The lowest BCUT2D eigenvalue weighted by molar-refractivity contribution is -0.133. The van der Waals surface area contributed by atoms with Crippen molar-refractivity contribution in [1.82, 2.24) is 0 Å². The number of carboxylic acids is 1. The average molecular weight is 390 g/mol. The second-order valence-electron chi connectivity index (χ2n) is 5.37. The zero-order chi connectivity index (χ0) is 19.8. The van der Waals surface area contributed by atoms with E-state index in [0.717, 1.165) is 23.4 Å². The van der Waals surface area contributed by atoms with Crippen LogP contribution in [-0.4, -0.2) is 36.3 Å². The second-order valence-corrected chi connectivity index (χ2v) is 6.39. The molecule has 142 valence electrons. The number of carbonyl (C=O) groups excluding carboxylic acids is 1. The Morgan fingerprint density at radius 1 is 1.19 bits per heavy atom. The summed E-state index contributed by atoms with van der Waals surface area (Å²) in [6.45, 7) is 2.34. The van der Waals surface area contributed by atoms with Crippen molar-refractivity contribution in [3.63, 3.8) is 0 Å². The standard InChI is InChI=1S/C20H19FO5S/c1-3-26-18-10-13(5-8-17(18)25-2)4-7-16(22)14-6-9-19(15(21)11-14)27-12-20(23)24/h4-11H,3,12H2,1-2H3,(H,23,24). The van der Waals surface area contributed by atoms with Gasteiger partial charge in [0.15, 0.2) is 17.3 Å². The Balaban J connectivity index is 2.13. The van der Waals surface area contributed by atoms with Crippen LogP contribution in [0.3, 0.4) is 0 Å². The summed E-state index contributed by atoms with van der Waals surface area (Å²) in [4.78, 5) is 23.0. The second kappa shape index (κ2) is 9.78. The van der Waals surface area contributed by atoms with Crippen LogP contribution in [0.25, 0.3) is 6.08 Å². The van der Waals surface area contributed by atoms with Gasteiger partial charge in [0, 0.05) is 10.5 Å². The lowest BCUT2D eigenvalue weighted by Gasteiger charge is -2.09. The highest BCUT2D eigenvalue weighted by Gasteiger charge is 2.10. The highest BCUT2D eigenvalue weighted by molar-refractivity contribution is 8.00. The van der Waals surface area contributed by atoms with Crippen molar-refractivity contribution >= 4 is 29.6 Å². The fourth-order valence-corrected chi connectivity index (χ4v) is 2.88. The number of allylic oxidation sites excluding steroid dienone is 1. The van der Waals surface area contributed by atoms with E-state index < -0.39 is 11.8 Å². The number of benzene rings is 2. The molecule has 27 heavy (non-hydrogen) atoms. The zero-order valence-corrected chi connectivity index (χ0v) is 15.7. The summed E-state index contributed by atoms with van der Waals surface area (Å²) < 4.78 is 24.7. The third-order valence-electron chi connectivity index (χ3n) is 3.48. The predicted octanol–water partition coefficient (Wildman–Crippen LogP) is 4.31. The molecule has 7 heteroatoms. The fraction of sp³-hybridized carbons (Fsp3) is 0.200. The van der Waals surface area contributed by atoms with Crippen molar-refractivity contribution in [2.75, 3.05) is 19.5 Å². The highest BCUT2D eigenvalue weighted by atomic mass is 32.2. The molecule has 2 rings (SSSR count). The number of carbonyl (C=O) groups is 2. The summed E-state index contributed by atoms with van der Waals surface area (Å²) in [5.74, 6) is -1.10. The first-order chi connectivity index (χ1) is 12.9. The van der Waals surface area contributed by atoms with Crippen LogP contribution in [0.4, 0.5) is 4.39 Å². The first-order valence-electron chi connectivity index (χ1n) is 8.12. The Hall–Kier alpha value is -2.80. The number of ketones is 1. The van der Waals surface area contributed by atoms with E-state index in [0.29, 0.717) is 18.1 Å². The number of aliphatic carboxylic acids is 1. The van der Waals surface area contributed by atoms with Gasteiger partial charge in [0.25, 0.3) is 0 Å². The molecular weight excluding hydrogens is 371 g/mol. The molecule has 0 saturated carbocycles. The van der Waals surface area contributed by atoms with Crippen LogP contribution >= 0.6 is 11.8 Å². The molecule has 0 amide bonds. The largest absolute Gasteiger partial charge is 0.493 e. The van der Waals surface area contributed by atoms with Crippen LogP contribution in [0.2, 0.25) is 0 Å². The summed E-state index contributed by atoms with van der Waals surface area (Å²) in [5, 5.41) is 8.65. The fourth-order valence-electron chi connectivity index (χ4n) is 2.24. The molecular formula is C20H19FO5S. The molecule has 0 atom stereocenters. The molecule has 0 radical (unpaired) electrons. The highest BCUT2D eigenvalue weighted by Crippen LogP contribution is 2.28. The van der Waals surface area contributed by atoms with E-state index >= 15 is 0 Å². The quantitative estimate of drug-likeness (QED) is 0.391. The van der Waals surface area contributed by atoms with Crippen LogP contribution in [0.1, 0.15) is 22.8 Å². The van der Waals surface area contributed by atoms with Gasteiger partial charge in [-0.2, -0.15) is 0 Å².